The van der Waals surface area contributed by atoms with Gasteiger partial charge in [-0.05, 0) is 13.1 Å². The van der Waals surface area contributed by atoms with Crippen molar-refractivity contribution in [3.8, 4) is 11.5 Å². The number of anilines is 1. The fourth-order valence-electron chi connectivity index (χ4n) is 1.76. The SMILES string of the molecule is CNC[C@H](O)c1cc(O)cc2c1OCC(=O)N2. The van der Waals surface area contributed by atoms with E-state index in [9.17, 15) is 15.0 Å². The third-order valence-electron chi connectivity index (χ3n) is 2.48. The zero-order chi connectivity index (χ0) is 12.4. The first-order valence-corrected chi connectivity index (χ1v) is 5.24. The van der Waals surface area contributed by atoms with Gasteiger partial charge in [0.15, 0.2) is 6.61 Å². The second kappa shape index (κ2) is 4.60. The van der Waals surface area contributed by atoms with Crippen LogP contribution in [0.4, 0.5) is 5.69 Å². The Morgan fingerprint density at radius 3 is 3.06 bits per heavy atom. The van der Waals surface area contributed by atoms with Gasteiger partial charge >= 0.3 is 0 Å². The van der Waals surface area contributed by atoms with Crippen LogP contribution in [-0.4, -0.2) is 36.3 Å². The molecule has 6 nitrogen and oxygen atoms in total. The Hall–Kier alpha value is -1.79. The number of benzene rings is 1. The number of rotatable bonds is 3. The van der Waals surface area contributed by atoms with Crippen molar-refractivity contribution in [1.82, 2.24) is 5.32 Å². The minimum absolute atomic E-state index is 0.0281. The summed E-state index contributed by atoms with van der Waals surface area (Å²) in [6.07, 6.45) is -0.809. The highest BCUT2D eigenvalue weighted by Gasteiger charge is 2.23. The van der Waals surface area contributed by atoms with Crippen molar-refractivity contribution < 1.29 is 19.7 Å². The smallest absolute Gasteiger partial charge is 0.262 e. The van der Waals surface area contributed by atoms with Crippen molar-refractivity contribution in [2.75, 3.05) is 25.5 Å². The summed E-state index contributed by atoms with van der Waals surface area (Å²) < 4.78 is 5.28. The molecule has 6 heteroatoms. The molecule has 0 bridgehead atoms. The number of fused-ring (bicyclic) bond motifs is 1. The summed E-state index contributed by atoms with van der Waals surface area (Å²) in [5.74, 6) is 0.0991. The number of aliphatic hydroxyl groups excluding tert-OH is 1. The maximum atomic E-state index is 11.2. The molecule has 4 N–H and O–H groups in total. The van der Waals surface area contributed by atoms with Crippen LogP contribution in [0.2, 0.25) is 0 Å². The summed E-state index contributed by atoms with van der Waals surface area (Å²) in [4.78, 5) is 11.2. The first-order chi connectivity index (χ1) is 8.11. The third-order valence-corrected chi connectivity index (χ3v) is 2.48. The van der Waals surface area contributed by atoms with E-state index in [2.05, 4.69) is 10.6 Å². The monoisotopic (exact) mass is 238 g/mol. The Balaban J connectivity index is 2.41. The van der Waals surface area contributed by atoms with E-state index < -0.39 is 6.10 Å². The molecule has 0 fully saturated rings. The van der Waals surface area contributed by atoms with Gasteiger partial charge in [-0.15, -0.1) is 0 Å². The number of ether oxygens (including phenoxy) is 1. The van der Waals surface area contributed by atoms with E-state index in [-0.39, 0.29) is 18.3 Å². The Morgan fingerprint density at radius 1 is 1.59 bits per heavy atom. The van der Waals surface area contributed by atoms with Crippen molar-refractivity contribution in [2.45, 2.75) is 6.10 Å². The van der Waals surface area contributed by atoms with Crippen molar-refractivity contribution in [3.63, 3.8) is 0 Å². The number of hydrogen-bond donors (Lipinski definition) is 4. The molecule has 17 heavy (non-hydrogen) atoms. The standard InChI is InChI=1S/C11H14N2O4/c1-12-4-9(15)7-2-6(14)3-8-11(7)17-5-10(16)13-8/h2-3,9,12,14-15H,4-5H2,1H3,(H,13,16)/t9-/m0/s1. The second-order valence-corrected chi connectivity index (χ2v) is 3.82. The number of hydrogen-bond acceptors (Lipinski definition) is 5. The van der Waals surface area contributed by atoms with Gasteiger partial charge in [0, 0.05) is 18.2 Å². The molecule has 0 aromatic heterocycles. The van der Waals surface area contributed by atoms with E-state index in [1.54, 1.807) is 7.05 Å². The summed E-state index contributed by atoms with van der Waals surface area (Å²) >= 11 is 0. The minimum Gasteiger partial charge on any atom is -0.508 e. The number of phenols is 1. The number of carbonyl (C=O) groups is 1. The molecular weight excluding hydrogens is 224 g/mol. The van der Waals surface area contributed by atoms with Gasteiger partial charge in [-0.3, -0.25) is 4.79 Å². The van der Waals surface area contributed by atoms with E-state index >= 15 is 0 Å². The Labute approximate surface area is 98.2 Å². The quantitative estimate of drug-likeness (QED) is 0.594. The maximum absolute atomic E-state index is 11.2. The molecular formula is C11H14N2O4. The average molecular weight is 238 g/mol. The van der Waals surface area contributed by atoms with E-state index in [1.807, 2.05) is 0 Å². The average Bonchev–Trinajstić information content (AvgIpc) is 2.27. The normalized spacial score (nSPS) is 15.8. The highest BCUT2D eigenvalue weighted by atomic mass is 16.5. The molecule has 0 unspecified atom stereocenters. The summed E-state index contributed by atoms with van der Waals surface area (Å²) in [5, 5.41) is 24.8. The summed E-state index contributed by atoms with van der Waals surface area (Å²) in [6.45, 7) is 0.240. The van der Waals surface area contributed by atoms with Crippen LogP contribution in [0.15, 0.2) is 12.1 Å². The lowest BCUT2D eigenvalue weighted by molar-refractivity contribution is -0.118. The molecule has 1 aliphatic rings. The van der Waals surface area contributed by atoms with Gasteiger partial charge in [0.25, 0.3) is 5.91 Å². The van der Waals surface area contributed by atoms with Gasteiger partial charge < -0.3 is 25.6 Å². The number of nitrogens with one attached hydrogen (secondary N) is 2. The molecule has 0 radical (unpaired) electrons. The predicted molar refractivity (Wildman–Crippen MR) is 61.1 cm³/mol. The minimum atomic E-state index is -0.809. The van der Waals surface area contributed by atoms with E-state index in [1.165, 1.54) is 12.1 Å². The number of aromatic hydroxyl groups is 1. The van der Waals surface area contributed by atoms with Crippen LogP contribution >= 0.6 is 0 Å². The van der Waals surface area contributed by atoms with Crippen molar-refractivity contribution >= 4 is 11.6 Å². The Kier molecular flexibility index (Phi) is 3.16. The van der Waals surface area contributed by atoms with Crippen LogP contribution in [0.5, 0.6) is 11.5 Å². The molecule has 1 aromatic carbocycles. The van der Waals surface area contributed by atoms with Crippen LogP contribution in [0, 0.1) is 0 Å². The molecule has 0 aliphatic carbocycles. The lowest BCUT2D eigenvalue weighted by atomic mass is 10.1. The number of carbonyl (C=O) groups excluding carboxylic acids is 1. The van der Waals surface area contributed by atoms with Gasteiger partial charge in [-0.1, -0.05) is 0 Å². The first-order valence-electron chi connectivity index (χ1n) is 5.24. The second-order valence-electron chi connectivity index (χ2n) is 3.82. The molecule has 0 saturated heterocycles. The zero-order valence-corrected chi connectivity index (χ0v) is 9.36. The number of likely N-dealkylation sites (N-methyl/N-ethyl adjacent to an activating group) is 1. The van der Waals surface area contributed by atoms with Crippen LogP contribution in [0.1, 0.15) is 11.7 Å². The molecule has 1 aromatic rings. The van der Waals surface area contributed by atoms with Crippen molar-refractivity contribution in [1.29, 1.82) is 0 Å². The van der Waals surface area contributed by atoms with Crippen LogP contribution in [0.3, 0.4) is 0 Å². The van der Waals surface area contributed by atoms with Crippen molar-refractivity contribution in [3.05, 3.63) is 17.7 Å². The lowest BCUT2D eigenvalue weighted by Crippen LogP contribution is -2.27. The van der Waals surface area contributed by atoms with Crippen LogP contribution in [-0.2, 0) is 4.79 Å². The van der Waals surface area contributed by atoms with Crippen LogP contribution < -0.4 is 15.4 Å². The lowest BCUT2D eigenvalue weighted by Gasteiger charge is -2.23. The van der Waals surface area contributed by atoms with Gasteiger partial charge in [0.1, 0.15) is 11.5 Å². The highest BCUT2D eigenvalue weighted by Crippen LogP contribution is 2.38. The number of amides is 1. The molecule has 1 atom stereocenters. The first kappa shape index (κ1) is 11.7. The molecule has 1 aliphatic heterocycles. The molecule has 2 rings (SSSR count). The number of aliphatic hydroxyl groups is 1. The maximum Gasteiger partial charge on any atom is 0.262 e. The van der Waals surface area contributed by atoms with E-state index in [0.29, 0.717) is 23.5 Å². The van der Waals surface area contributed by atoms with E-state index in [4.69, 9.17) is 4.74 Å². The largest absolute Gasteiger partial charge is 0.508 e. The van der Waals surface area contributed by atoms with Gasteiger partial charge in [-0.2, -0.15) is 0 Å². The third kappa shape index (κ3) is 2.32. The van der Waals surface area contributed by atoms with Gasteiger partial charge in [0.05, 0.1) is 11.8 Å². The summed E-state index contributed by atoms with van der Waals surface area (Å²) in [7, 11) is 1.71. The molecule has 0 spiro atoms. The molecule has 1 amide bonds. The number of phenolic OH excluding ortho intramolecular Hbond substituents is 1. The van der Waals surface area contributed by atoms with E-state index in [0.717, 1.165) is 0 Å². The topological polar surface area (TPSA) is 90.8 Å². The van der Waals surface area contributed by atoms with Crippen LogP contribution in [0.25, 0.3) is 0 Å². The zero-order valence-electron chi connectivity index (χ0n) is 9.36. The Bertz CT molecular complexity index is 447. The summed E-state index contributed by atoms with van der Waals surface area (Å²) in [5.41, 5.74) is 0.834. The highest BCUT2D eigenvalue weighted by molar-refractivity contribution is 5.96. The molecule has 0 saturated carbocycles. The fourth-order valence-corrected chi connectivity index (χ4v) is 1.76. The van der Waals surface area contributed by atoms with Crippen molar-refractivity contribution in [2.24, 2.45) is 0 Å². The predicted octanol–water partition coefficient (Wildman–Crippen LogP) is -0.0241. The van der Waals surface area contributed by atoms with Gasteiger partial charge in [-0.25, -0.2) is 0 Å². The molecule has 92 valence electrons. The van der Waals surface area contributed by atoms with Gasteiger partial charge in [0.2, 0.25) is 0 Å². The molecule has 1 heterocycles. The summed E-state index contributed by atoms with van der Waals surface area (Å²) in [6, 6.07) is 2.82. The Morgan fingerprint density at radius 2 is 2.35 bits per heavy atom. The fraction of sp³-hybridized carbons (Fsp3) is 0.364.